The van der Waals surface area contributed by atoms with Crippen molar-refractivity contribution in [3.05, 3.63) is 44.3 Å². The average Bonchev–Trinajstić information content (AvgIpc) is 2.85. The van der Waals surface area contributed by atoms with Crippen molar-refractivity contribution in [1.29, 1.82) is 0 Å². The molecule has 192 valence electrons. The Bertz CT molecular complexity index is 931. The van der Waals surface area contributed by atoms with E-state index in [-0.39, 0.29) is 11.8 Å². The number of rotatable bonds is 17. The van der Waals surface area contributed by atoms with Crippen LogP contribution < -0.4 is 0 Å². The van der Waals surface area contributed by atoms with Crippen molar-refractivity contribution in [2.45, 2.75) is 110 Å². The van der Waals surface area contributed by atoms with E-state index in [1.165, 1.54) is 94.8 Å². The minimum Gasteiger partial charge on any atom is -0.274 e. The standard InChI is InChI=1S/C30H41Br2NO2/c1-2-3-4-5-6-7-8-9-10-11-12-13-14-15-16-17-22-33-29(34)23-18-20-25(31)28-26(32)21-19-24(27(23)28)30(33)35/h18-21H,2-17,22H2,1H3. The maximum Gasteiger partial charge on any atom is 0.261 e. The summed E-state index contributed by atoms with van der Waals surface area (Å²) in [5, 5.41) is 1.65. The fourth-order valence-corrected chi connectivity index (χ4v) is 6.53. The Morgan fingerprint density at radius 2 is 0.914 bits per heavy atom. The number of imide groups is 1. The molecule has 1 aliphatic rings. The van der Waals surface area contributed by atoms with Gasteiger partial charge < -0.3 is 0 Å². The van der Waals surface area contributed by atoms with E-state index in [0.29, 0.717) is 17.7 Å². The van der Waals surface area contributed by atoms with Crippen LogP contribution in [0.2, 0.25) is 0 Å². The first kappa shape index (κ1) is 28.4. The van der Waals surface area contributed by atoms with Gasteiger partial charge in [0, 0.05) is 37.4 Å². The summed E-state index contributed by atoms with van der Waals surface area (Å²) in [6.07, 6.45) is 21.0. The van der Waals surface area contributed by atoms with Crippen LogP contribution in [0, 0.1) is 0 Å². The van der Waals surface area contributed by atoms with Gasteiger partial charge in [0.25, 0.3) is 11.8 Å². The lowest BCUT2D eigenvalue weighted by Gasteiger charge is -2.27. The summed E-state index contributed by atoms with van der Waals surface area (Å²) >= 11 is 7.13. The molecule has 3 rings (SSSR count). The van der Waals surface area contributed by atoms with Crippen LogP contribution in [0.1, 0.15) is 130 Å². The number of nitrogens with zero attached hydrogens (tertiary/aromatic N) is 1. The van der Waals surface area contributed by atoms with E-state index in [1.54, 1.807) is 0 Å². The molecule has 0 radical (unpaired) electrons. The fraction of sp³-hybridized carbons (Fsp3) is 0.600. The van der Waals surface area contributed by atoms with Gasteiger partial charge in [-0.25, -0.2) is 0 Å². The quantitative estimate of drug-likeness (QED) is 0.133. The summed E-state index contributed by atoms with van der Waals surface area (Å²) in [7, 11) is 0. The normalized spacial score (nSPS) is 13.3. The summed E-state index contributed by atoms with van der Waals surface area (Å²) in [5.74, 6) is -0.335. The Kier molecular flexibility index (Phi) is 12.3. The van der Waals surface area contributed by atoms with E-state index in [0.717, 1.165) is 32.6 Å². The van der Waals surface area contributed by atoms with Crippen LogP contribution in [0.4, 0.5) is 0 Å². The number of carbonyl (C=O) groups is 2. The van der Waals surface area contributed by atoms with Crippen LogP contribution in [0.3, 0.4) is 0 Å². The second-order valence-electron chi connectivity index (χ2n) is 10.0. The predicted octanol–water partition coefficient (Wildman–Crippen LogP) is 10.2. The van der Waals surface area contributed by atoms with E-state index < -0.39 is 0 Å². The summed E-state index contributed by atoms with van der Waals surface area (Å²) in [5.41, 5.74) is 1.24. The number of hydrogen-bond donors (Lipinski definition) is 0. The van der Waals surface area contributed by atoms with Gasteiger partial charge in [-0.15, -0.1) is 0 Å². The number of carbonyl (C=O) groups excluding carboxylic acids is 2. The average molecular weight is 607 g/mol. The number of amides is 2. The van der Waals surface area contributed by atoms with Gasteiger partial charge in [-0.1, -0.05) is 135 Å². The van der Waals surface area contributed by atoms with Crippen LogP contribution in [0.5, 0.6) is 0 Å². The first-order valence-electron chi connectivity index (χ1n) is 13.8. The molecule has 1 heterocycles. The summed E-state index contributed by atoms with van der Waals surface area (Å²) < 4.78 is 1.77. The van der Waals surface area contributed by atoms with Gasteiger partial charge >= 0.3 is 0 Å². The van der Waals surface area contributed by atoms with Crippen molar-refractivity contribution in [2.24, 2.45) is 0 Å². The Morgan fingerprint density at radius 1 is 0.543 bits per heavy atom. The molecule has 0 fully saturated rings. The zero-order valence-corrected chi connectivity index (χ0v) is 24.5. The molecule has 35 heavy (non-hydrogen) atoms. The molecule has 0 aromatic heterocycles. The van der Waals surface area contributed by atoms with E-state index in [9.17, 15) is 9.59 Å². The van der Waals surface area contributed by atoms with Crippen molar-refractivity contribution < 1.29 is 9.59 Å². The Labute approximate surface area is 228 Å². The summed E-state index contributed by atoms with van der Waals surface area (Å²) in [4.78, 5) is 27.7. The van der Waals surface area contributed by atoms with Crippen molar-refractivity contribution >= 4 is 54.4 Å². The molecule has 0 N–H and O–H groups in total. The Morgan fingerprint density at radius 3 is 1.31 bits per heavy atom. The van der Waals surface area contributed by atoms with Gasteiger partial charge in [0.1, 0.15) is 0 Å². The van der Waals surface area contributed by atoms with Gasteiger partial charge in [-0.05, 0) is 30.7 Å². The first-order chi connectivity index (χ1) is 17.1. The van der Waals surface area contributed by atoms with Crippen LogP contribution in [-0.4, -0.2) is 23.3 Å². The van der Waals surface area contributed by atoms with Crippen molar-refractivity contribution in [3.8, 4) is 0 Å². The largest absolute Gasteiger partial charge is 0.274 e. The molecule has 0 atom stereocenters. The van der Waals surface area contributed by atoms with Gasteiger partial charge in [-0.3, -0.25) is 14.5 Å². The highest BCUT2D eigenvalue weighted by Gasteiger charge is 2.33. The highest BCUT2D eigenvalue weighted by atomic mass is 79.9. The van der Waals surface area contributed by atoms with Crippen molar-refractivity contribution in [3.63, 3.8) is 0 Å². The highest BCUT2D eigenvalue weighted by molar-refractivity contribution is 9.11. The SMILES string of the molecule is CCCCCCCCCCCCCCCCCCN1C(=O)c2ccc(Br)c3c(Br)ccc(c23)C1=O. The molecule has 0 bridgehead atoms. The Hall–Kier alpha value is -1.20. The summed E-state index contributed by atoms with van der Waals surface area (Å²) in [6, 6.07) is 7.45. The maximum absolute atomic E-state index is 13.1. The van der Waals surface area contributed by atoms with Gasteiger partial charge in [0.15, 0.2) is 0 Å². The molecule has 3 nitrogen and oxygen atoms in total. The molecule has 2 amide bonds. The number of hydrogen-bond acceptors (Lipinski definition) is 2. The van der Waals surface area contributed by atoms with Gasteiger partial charge in [-0.2, -0.15) is 0 Å². The lowest BCUT2D eigenvalue weighted by molar-refractivity contribution is 0.0607. The second-order valence-corrected chi connectivity index (χ2v) is 11.7. The molecular formula is C30H41Br2NO2. The molecule has 5 heteroatoms. The maximum atomic E-state index is 13.1. The fourth-order valence-electron chi connectivity index (χ4n) is 5.17. The van der Waals surface area contributed by atoms with E-state index >= 15 is 0 Å². The van der Waals surface area contributed by atoms with Gasteiger partial charge in [0.2, 0.25) is 0 Å². The molecule has 0 spiro atoms. The molecule has 0 saturated heterocycles. The van der Waals surface area contributed by atoms with Crippen LogP contribution in [-0.2, 0) is 0 Å². The number of halogens is 2. The molecule has 0 aliphatic carbocycles. The van der Waals surface area contributed by atoms with E-state index in [4.69, 9.17) is 0 Å². The monoisotopic (exact) mass is 605 g/mol. The predicted molar refractivity (Wildman–Crippen MR) is 154 cm³/mol. The molecule has 1 aliphatic heterocycles. The van der Waals surface area contributed by atoms with Crippen LogP contribution in [0.25, 0.3) is 10.8 Å². The van der Waals surface area contributed by atoms with Crippen LogP contribution >= 0.6 is 31.9 Å². The van der Waals surface area contributed by atoms with E-state index in [1.807, 2.05) is 24.3 Å². The summed E-state index contributed by atoms with van der Waals surface area (Å²) in [6.45, 7) is 2.78. The molecule has 2 aromatic rings. The minimum atomic E-state index is -0.168. The topological polar surface area (TPSA) is 37.4 Å². The van der Waals surface area contributed by atoms with E-state index in [2.05, 4.69) is 38.8 Å². The lowest BCUT2D eigenvalue weighted by atomic mass is 9.94. The molecule has 2 aromatic carbocycles. The highest BCUT2D eigenvalue weighted by Crippen LogP contribution is 2.38. The molecule has 0 saturated carbocycles. The lowest BCUT2D eigenvalue weighted by Crippen LogP contribution is -2.40. The molecule has 0 unspecified atom stereocenters. The second kappa shape index (κ2) is 15.1. The third kappa shape index (κ3) is 7.89. The first-order valence-corrected chi connectivity index (χ1v) is 15.4. The number of benzene rings is 2. The minimum absolute atomic E-state index is 0.168. The zero-order chi connectivity index (χ0) is 25.0. The third-order valence-electron chi connectivity index (χ3n) is 7.25. The van der Waals surface area contributed by atoms with Crippen molar-refractivity contribution in [2.75, 3.05) is 6.54 Å². The number of unbranched alkanes of at least 4 members (excludes halogenated alkanes) is 15. The van der Waals surface area contributed by atoms with Gasteiger partial charge in [0.05, 0.1) is 0 Å². The molecular weight excluding hydrogens is 566 g/mol. The Balaban J connectivity index is 1.29. The van der Waals surface area contributed by atoms with Crippen LogP contribution in [0.15, 0.2) is 33.2 Å². The third-order valence-corrected chi connectivity index (χ3v) is 8.57. The van der Waals surface area contributed by atoms with Crippen molar-refractivity contribution in [1.82, 2.24) is 4.90 Å². The zero-order valence-electron chi connectivity index (χ0n) is 21.3. The smallest absolute Gasteiger partial charge is 0.261 e.